The number of hydrogen-bond donors (Lipinski definition) is 2. The number of fused-ring (bicyclic) bond motifs is 1. The van der Waals surface area contributed by atoms with Crippen molar-refractivity contribution in [3.8, 4) is 11.4 Å². The molecule has 2 aromatic heterocycles. The Morgan fingerprint density at radius 1 is 0.970 bits per heavy atom. The van der Waals surface area contributed by atoms with E-state index in [-0.39, 0.29) is 12.2 Å². The van der Waals surface area contributed by atoms with Gasteiger partial charge in [-0.2, -0.15) is 12.6 Å². The number of nitrogens with one attached hydrogen (secondary N) is 1. The Kier molecular flexibility index (Phi) is 5.71. The largest absolute Gasteiger partial charge is 0.485 e. The summed E-state index contributed by atoms with van der Waals surface area (Å²) in [6, 6.07) is 27.0. The molecular weight excluding hydrogens is 432 g/mol. The Balaban J connectivity index is 1.60. The molecule has 0 bridgehead atoms. The molecule has 0 aliphatic heterocycles. The number of aromatic amines is 1. The molecule has 2 heterocycles. The van der Waals surface area contributed by atoms with E-state index in [0.29, 0.717) is 11.6 Å². The van der Waals surface area contributed by atoms with Gasteiger partial charge in [0.2, 0.25) is 5.56 Å². The molecule has 5 aromatic rings. The van der Waals surface area contributed by atoms with Gasteiger partial charge < -0.3 is 9.72 Å². The van der Waals surface area contributed by atoms with E-state index < -0.39 is 5.25 Å². The van der Waals surface area contributed by atoms with Crippen LogP contribution in [-0.2, 0) is 6.61 Å². The highest BCUT2D eigenvalue weighted by molar-refractivity contribution is 7.80. The summed E-state index contributed by atoms with van der Waals surface area (Å²) >= 11 is 4.90. The number of benzene rings is 3. The Labute approximate surface area is 196 Å². The van der Waals surface area contributed by atoms with E-state index in [1.165, 1.54) is 0 Å². The fourth-order valence-electron chi connectivity index (χ4n) is 3.92. The molecule has 1 N–H and O–H groups in total. The highest BCUT2D eigenvalue weighted by Gasteiger charge is 2.23. The molecule has 0 aliphatic rings. The smallest absolute Gasteiger partial charge is 0.248 e. The molecule has 0 fully saturated rings. The van der Waals surface area contributed by atoms with Crippen LogP contribution < -0.4 is 10.3 Å². The van der Waals surface area contributed by atoms with Gasteiger partial charge in [0.25, 0.3) is 0 Å². The zero-order chi connectivity index (χ0) is 22.8. The van der Waals surface area contributed by atoms with Crippen LogP contribution in [0.2, 0.25) is 0 Å². The number of hydrogen-bond acceptors (Lipinski definition) is 5. The van der Waals surface area contributed by atoms with E-state index >= 15 is 0 Å². The van der Waals surface area contributed by atoms with E-state index in [4.69, 9.17) is 17.4 Å². The van der Waals surface area contributed by atoms with Gasteiger partial charge in [-0.05, 0) is 42.3 Å². The third-order valence-corrected chi connectivity index (χ3v) is 6.05. The second-order valence-corrected chi connectivity index (χ2v) is 8.25. The quantitative estimate of drug-likeness (QED) is 0.354. The average molecular weight is 455 g/mol. The Morgan fingerprint density at radius 3 is 2.52 bits per heavy atom. The summed E-state index contributed by atoms with van der Waals surface area (Å²) in [6.07, 6.45) is 0. The number of pyridine rings is 1. The minimum absolute atomic E-state index is 0.184. The normalized spacial score (nSPS) is 12.1. The van der Waals surface area contributed by atoms with Crippen molar-refractivity contribution in [2.45, 2.75) is 18.8 Å². The number of thiol groups is 1. The minimum atomic E-state index is -0.475. The lowest BCUT2D eigenvalue weighted by Gasteiger charge is -2.17. The van der Waals surface area contributed by atoms with Gasteiger partial charge in [-0.1, -0.05) is 54.6 Å². The van der Waals surface area contributed by atoms with Gasteiger partial charge in [0.1, 0.15) is 12.4 Å². The molecule has 1 atom stereocenters. The predicted octanol–water partition coefficient (Wildman–Crippen LogP) is 5.02. The molecular formula is C26H22N4O2S. The van der Waals surface area contributed by atoms with Gasteiger partial charge >= 0.3 is 0 Å². The van der Waals surface area contributed by atoms with E-state index in [1.807, 2.05) is 90.4 Å². The second kappa shape index (κ2) is 8.96. The summed E-state index contributed by atoms with van der Waals surface area (Å²) in [4.78, 5) is 15.2. The monoisotopic (exact) mass is 454 g/mol. The Morgan fingerprint density at radius 2 is 1.70 bits per heavy atom. The zero-order valence-corrected chi connectivity index (χ0v) is 18.9. The topological polar surface area (TPSA) is 72.8 Å². The number of para-hydroxylation sites is 3. The zero-order valence-electron chi connectivity index (χ0n) is 18.0. The van der Waals surface area contributed by atoms with Gasteiger partial charge in [0, 0.05) is 22.7 Å². The molecule has 1 unspecified atom stereocenters. The summed E-state index contributed by atoms with van der Waals surface area (Å²) < 4.78 is 8.02. The van der Waals surface area contributed by atoms with Crippen LogP contribution in [0.4, 0.5) is 0 Å². The van der Waals surface area contributed by atoms with Crippen molar-refractivity contribution in [2.24, 2.45) is 0 Å². The van der Waals surface area contributed by atoms with Gasteiger partial charge in [-0.3, -0.25) is 9.36 Å². The van der Waals surface area contributed by atoms with Crippen molar-refractivity contribution in [1.29, 1.82) is 0 Å². The summed E-state index contributed by atoms with van der Waals surface area (Å²) in [6.45, 7) is 2.24. The van der Waals surface area contributed by atoms with Crippen LogP contribution in [0, 0.1) is 6.92 Å². The lowest BCUT2D eigenvalue weighted by atomic mass is 10.1. The summed E-state index contributed by atoms with van der Waals surface area (Å²) in [7, 11) is 0. The van der Waals surface area contributed by atoms with Crippen molar-refractivity contribution < 1.29 is 4.74 Å². The summed E-state index contributed by atoms with van der Waals surface area (Å²) in [5.74, 6) is 2.06. The lowest BCUT2D eigenvalue weighted by Crippen LogP contribution is -2.13. The molecule has 0 radical (unpaired) electrons. The molecule has 164 valence electrons. The molecule has 0 spiro atoms. The van der Waals surface area contributed by atoms with Gasteiger partial charge in [-0.15, -0.1) is 10.2 Å². The number of rotatable bonds is 6. The molecule has 5 rings (SSSR count). The minimum Gasteiger partial charge on any atom is -0.485 e. The first-order valence-electron chi connectivity index (χ1n) is 10.6. The fourth-order valence-corrected chi connectivity index (χ4v) is 4.30. The van der Waals surface area contributed by atoms with Crippen LogP contribution in [0.1, 0.15) is 28.0 Å². The van der Waals surface area contributed by atoms with Crippen LogP contribution in [0.25, 0.3) is 16.6 Å². The number of ether oxygens (including phenoxy) is 1. The van der Waals surface area contributed by atoms with Gasteiger partial charge in [0.05, 0.1) is 5.25 Å². The van der Waals surface area contributed by atoms with Crippen molar-refractivity contribution in [2.75, 3.05) is 0 Å². The first kappa shape index (κ1) is 21.0. The van der Waals surface area contributed by atoms with Crippen LogP contribution in [0.5, 0.6) is 5.75 Å². The molecule has 3 aromatic carbocycles. The Hall–Kier alpha value is -3.84. The SMILES string of the molecule is Cc1ccccc1OCc1nnc(C(S)c2cc(=O)[nH]c3ccccc23)n1-c1ccccc1. The maximum atomic E-state index is 12.3. The summed E-state index contributed by atoms with van der Waals surface area (Å²) in [5.41, 5.74) is 3.29. The molecule has 33 heavy (non-hydrogen) atoms. The molecule has 0 saturated heterocycles. The van der Waals surface area contributed by atoms with E-state index in [0.717, 1.165) is 33.5 Å². The van der Waals surface area contributed by atoms with Crippen LogP contribution in [0.3, 0.4) is 0 Å². The first-order valence-corrected chi connectivity index (χ1v) is 11.1. The highest BCUT2D eigenvalue weighted by atomic mass is 32.1. The van der Waals surface area contributed by atoms with E-state index in [9.17, 15) is 4.79 Å². The molecule has 6 nitrogen and oxygen atoms in total. The van der Waals surface area contributed by atoms with Crippen molar-refractivity contribution in [3.05, 3.63) is 118 Å². The molecule has 7 heteroatoms. The van der Waals surface area contributed by atoms with Crippen molar-refractivity contribution in [3.63, 3.8) is 0 Å². The van der Waals surface area contributed by atoms with Crippen LogP contribution in [0.15, 0.2) is 89.7 Å². The lowest BCUT2D eigenvalue weighted by molar-refractivity contribution is 0.291. The number of H-pyrrole nitrogens is 1. The van der Waals surface area contributed by atoms with Gasteiger partial charge in [-0.25, -0.2) is 0 Å². The average Bonchev–Trinajstić information content (AvgIpc) is 3.27. The first-order chi connectivity index (χ1) is 16.1. The maximum absolute atomic E-state index is 12.3. The molecule has 0 saturated carbocycles. The number of aryl methyl sites for hydroxylation is 1. The summed E-state index contributed by atoms with van der Waals surface area (Å²) in [5, 5.41) is 9.36. The van der Waals surface area contributed by atoms with Crippen molar-refractivity contribution >= 4 is 23.5 Å². The highest BCUT2D eigenvalue weighted by Crippen LogP contribution is 2.33. The molecule has 0 amide bonds. The number of aromatic nitrogens is 4. The molecule has 0 aliphatic carbocycles. The van der Waals surface area contributed by atoms with Gasteiger partial charge in [0.15, 0.2) is 11.6 Å². The predicted molar refractivity (Wildman–Crippen MR) is 132 cm³/mol. The van der Waals surface area contributed by atoms with Crippen molar-refractivity contribution in [1.82, 2.24) is 19.7 Å². The van der Waals surface area contributed by atoms with E-state index in [1.54, 1.807) is 6.07 Å². The standard InChI is InChI=1S/C26H22N4O2S/c1-17-9-5-8-14-22(17)32-16-23-28-29-26(30(23)18-10-3-2-4-11-18)25(33)20-15-24(31)27-21-13-7-6-12-19(20)21/h2-15,25,33H,16H2,1H3,(H,27,31). The maximum Gasteiger partial charge on any atom is 0.248 e. The third kappa shape index (κ3) is 4.15. The van der Waals surface area contributed by atoms with E-state index in [2.05, 4.69) is 15.2 Å². The number of nitrogens with zero attached hydrogens (tertiary/aromatic N) is 3. The second-order valence-electron chi connectivity index (χ2n) is 7.74. The Bertz CT molecular complexity index is 1480. The third-order valence-electron chi connectivity index (χ3n) is 5.54. The van der Waals surface area contributed by atoms with Crippen LogP contribution in [-0.4, -0.2) is 19.7 Å². The fraction of sp³-hybridized carbons (Fsp3) is 0.115. The van der Waals surface area contributed by atoms with Crippen LogP contribution >= 0.6 is 12.6 Å².